The first kappa shape index (κ1) is 11.7. The van der Waals surface area contributed by atoms with Gasteiger partial charge in [-0.1, -0.05) is 3.89 Å². The molecule has 0 bridgehead atoms. The van der Waals surface area contributed by atoms with E-state index in [4.69, 9.17) is 0 Å². The average molecular weight is 232 g/mol. The molecule has 1 aliphatic rings. The largest absolute Gasteiger partial charge is 0.386 e. The molecule has 0 aromatic carbocycles. The maximum atomic E-state index is 12.7. The van der Waals surface area contributed by atoms with E-state index in [1.165, 1.54) is 4.90 Å². The zero-order valence-electron chi connectivity index (χ0n) is 7.34. The van der Waals surface area contributed by atoms with Crippen molar-refractivity contribution < 1.29 is 21.1 Å². The lowest BCUT2D eigenvalue weighted by Crippen LogP contribution is -2.49. The summed E-state index contributed by atoms with van der Waals surface area (Å²) in [6.45, 7) is 0.522. The van der Waals surface area contributed by atoms with Gasteiger partial charge in [-0.3, -0.25) is 4.90 Å². The summed E-state index contributed by atoms with van der Waals surface area (Å²) in [5.41, 5.74) is 0. The molecule has 0 amide bonds. The van der Waals surface area contributed by atoms with Crippen LogP contribution in [0, 0.1) is 0 Å². The molecule has 1 heterocycles. The second-order valence-corrected chi connectivity index (χ2v) is 4.57. The molecule has 0 radical (unpaired) electrons. The standard InChI is InChI=1S/C6H11F3N2O2S/c7-6(8,14(9,12)13)5-11-3-1-10-2-4-11/h10H,1-5H2. The lowest BCUT2D eigenvalue weighted by Gasteiger charge is -2.28. The van der Waals surface area contributed by atoms with E-state index in [1.54, 1.807) is 0 Å². The van der Waals surface area contributed by atoms with E-state index < -0.39 is 22.0 Å². The van der Waals surface area contributed by atoms with Crippen LogP contribution in [0.3, 0.4) is 0 Å². The number of piperazine rings is 1. The minimum absolute atomic E-state index is 0.297. The minimum atomic E-state index is -5.80. The van der Waals surface area contributed by atoms with Crippen LogP contribution in [-0.2, 0) is 10.2 Å². The Bertz CT molecular complexity index is 287. The summed E-state index contributed by atoms with van der Waals surface area (Å²) >= 11 is 0. The van der Waals surface area contributed by atoms with Gasteiger partial charge in [-0.05, 0) is 0 Å². The van der Waals surface area contributed by atoms with Crippen LogP contribution in [0.2, 0.25) is 0 Å². The number of nitrogens with zero attached hydrogens (tertiary/aromatic N) is 1. The van der Waals surface area contributed by atoms with Gasteiger partial charge in [-0.15, -0.1) is 0 Å². The Morgan fingerprint density at radius 3 is 2.21 bits per heavy atom. The number of hydrogen-bond donors (Lipinski definition) is 1. The van der Waals surface area contributed by atoms with E-state index in [-0.39, 0.29) is 0 Å². The van der Waals surface area contributed by atoms with Crippen LogP contribution in [0.5, 0.6) is 0 Å². The van der Waals surface area contributed by atoms with Gasteiger partial charge in [-0.2, -0.15) is 17.2 Å². The molecule has 1 fully saturated rings. The summed E-state index contributed by atoms with van der Waals surface area (Å²) in [6.07, 6.45) is 0. The molecule has 0 spiro atoms. The highest BCUT2D eigenvalue weighted by molar-refractivity contribution is 7.87. The van der Waals surface area contributed by atoms with E-state index >= 15 is 0 Å². The molecule has 0 aromatic rings. The molecule has 1 N–H and O–H groups in total. The summed E-state index contributed by atoms with van der Waals surface area (Å²) in [7, 11) is -5.80. The first-order valence-corrected chi connectivity index (χ1v) is 5.46. The van der Waals surface area contributed by atoms with Crippen LogP contribution in [0.15, 0.2) is 0 Å². The van der Waals surface area contributed by atoms with Crippen LogP contribution in [-0.4, -0.2) is 51.3 Å². The molecule has 84 valence electrons. The van der Waals surface area contributed by atoms with Gasteiger partial charge < -0.3 is 5.32 Å². The van der Waals surface area contributed by atoms with E-state index in [2.05, 4.69) is 5.32 Å². The third-order valence-electron chi connectivity index (χ3n) is 1.97. The van der Waals surface area contributed by atoms with Gasteiger partial charge in [0.1, 0.15) is 0 Å². The highest BCUT2D eigenvalue weighted by atomic mass is 32.3. The monoisotopic (exact) mass is 232 g/mol. The van der Waals surface area contributed by atoms with Crippen LogP contribution in [0.25, 0.3) is 0 Å². The predicted octanol–water partition coefficient (Wildman–Crippen LogP) is -0.216. The van der Waals surface area contributed by atoms with Crippen LogP contribution in [0.4, 0.5) is 12.7 Å². The molecule has 0 saturated carbocycles. The summed E-state index contributed by atoms with van der Waals surface area (Å²) in [4.78, 5) is 1.22. The molecule has 1 saturated heterocycles. The van der Waals surface area contributed by atoms with Gasteiger partial charge in [0.15, 0.2) is 0 Å². The summed E-state index contributed by atoms with van der Waals surface area (Å²) in [5, 5.41) is -1.39. The van der Waals surface area contributed by atoms with Gasteiger partial charge in [0, 0.05) is 26.2 Å². The van der Waals surface area contributed by atoms with E-state index in [0.717, 1.165) is 0 Å². The fraction of sp³-hybridized carbons (Fsp3) is 1.00. The molecule has 4 nitrogen and oxygen atoms in total. The predicted molar refractivity (Wildman–Crippen MR) is 44.3 cm³/mol. The van der Waals surface area contributed by atoms with Crippen LogP contribution in [0.1, 0.15) is 0 Å². The third kappa shape index (κ3) is 2.82. The molecular formula is C6H11F3N2O2S. The van der Waals surface area contributed by atoms with E-state index in [1.807, 2.05) is 0 Å². The Balaban J connectivity index is 2.58. The Kier molecular flexibility index (Phi) is 3.38. The zero-order valence-corrected chi connectivity index (χ0v) is 8.16. The van der Waals surface area contributed by atoms with Gasteiger partial charge in [0.2, 0.25) is 0 Å². The van der Waals surface area contributed by atoms with Gasteiger partial charge in [-0.25, -0.2) is 0 Å². The molecule has 0 aliphatic carbocycles. The molecule has 14 heavy (non-hydrogen) atoms. The molecule has 8 heteroatoms. The Morgan fingerprint density at radius 2 is 1.79 bits per heavy atom. The maximum Gasteiger partial charge on any atom is 0.386 e. The van der Waals surface area contributed by atoms with Crippen molar-refractivity contribution in [3.05, 3.63) is 0 Å². The smallest absolute Gasteiger partial charge is 0.314 e. The quantitative estimate of drug-likeness (QED) is 0.684. The van der Waals surface area contributed by atoms with Crippen molar-refractivity contribution in [3.8, 4) is 0 Å². The van der Waals surface area contributed by atoms with Crippen molar-refractivity contribution in [2.45, 2.75) is 5.25 Å². The molecule has 0 aromatic heterocycles. The number of alkyl halides is 2. The van der Waals surface area contributed by atoms with Crippen molar-refractivity contribution >= 4 is 10.2 Å². The van der Waals surface area contributed by atoms with Gasteiger partial charge in [0.25, 0.3) is 0 Å². The summed E-state index contributed by atoms with van der Waals surface area (Å²) in [5.74, 6) is 0. The van der Waals surface area contributed by atoms with Crippen molar-refractivity contribution in [2.24, 2.45) is 0 Å². The van der Waals surface area contributed by atoms with Gasteiger partial charge in [0.05, 0.1) is 6.54 Å². The molecule has 0 atom stereocenters. The van der Waals surface area contributed by atoms with Crippen molar-refractivity contribution in [2.75, 3.05) is 32.7 Å². The van der Waals surface area contributed by atoms with E-state index in [9.17, 15) is 21.1 Å². The number of halogens is 3. The number of rotatable bonds is 3. The molecule has 1 rings (SSSR count). The Hall–Kier alpha value is -0.340. The Labute approximate surface area is 80.3 Å². The van der Waals surface area contributed by atoms with Crippen molar-refractivity contribution in [1.82, 2.24) is 10.2 Å². The van der Waals surface area contributed by atoms with E-state index in [0.29, 0.717) is 26.2 Å². The zero-order chi connectivity index (χ0) is 10.8. The highest BCUT2D eigenvalue weighted by Crippen LogP contribution is 2.24. The third-order valence-corrected chi connectivity index (χ3v) is 2.82. The topological polar surface area (TPSA) is 49.4 Å². The molecule has 1 aliphatic heterocycles. The first-order chi connectivity index (χ1) is 6.33. The van der Waals surface area contributed by atoms with Crippen LogP contribution >= 0.6 is 0 Å². The first-order valence-electron chi connectivity index (χ1n) is 4.08. The van der Waals surface area contributed by atoms with Gasteiger partial charge >= 0.3 is 15.5 Å². The fourth-order valence-corrected chi connectivity index (χ4v) is 1.54. The lowest BCUT2D eigenvalue weighted by molar-refractivity contribution is 0.0361. The summed E-state index contributed by atoms with van der Waals surface area (Å²) in [6, 6.07) is 0. The second kappa shape index (κ2) is 4.03. The Morgan fingerprint density at radius 1 is 1.29 bits per heavy atom. The lowest BCUT2D eigenvalue weighted by atomic mass is 10.3. The van der Waals surface area contributed by atoms with Crippen LogP contribution < -0.4 is 5.32 Å². The number of hydrogen-bond acceptors (Lipinski definition) is 4. The maximum absolute atomic E-state index is 12.7. The molecular weight excluding hydrogens is 221 g/mol. The fourth-order valence-electron chi connectivity index (χ4n) is 1.21. The normalized spacial score (nSPS) is 21.1. The summed E-state index contributed by atoms with van der Waals surface area (Å²) < 4.78 is 57.6. The number of nitrogens with one attached hydrogen (secondary N) is 1. The SMILES string of the molecule is O=S(=O)(F)C(F)(F)CN1CCNCC1. The average Bonchev–Trinajstić information content (AvgIpc) is 2.03. The minimum Gasteiger partial charge on any atom is -0.314 e. The molecule has 0 unspecified atom stereocenters. The van der Waals surface area contributed by atoms with Crippen molar-refractivity contribution in [1.29, 1.82) is 0 Å². The van der Waals surface area contributed by atoms with Crippen molar-refractivity contribution in [3.63, 3.8) is 0 Å². The highest BCUT2D eigenvalue weighted by Gasteiger charge is 2.47. The second-order valence-electron chi connectivity index (χ2n) is 3.10.